The summed E-state index contributed by atoms with van der Waals surface area (Å²) in [6, 6.07) is 7.40. The Kier molecular flexibility index (Phi) is 3.86. The quantitative estimate of drug-likeness (QED) is 0.795. The average Bonchev–Trinajstić information content (AvgIpc) is 3.08. The first-order chi connectivity index (χ1) is 12.0. The Bertz CT molecular complexity index is 912. The molecule has 0 bridgehead atoms. The minimum absolute atomic E-state index is 0.240. The number of fused-ring (bicyclic) bond motifs is 1. The van der Waals surface area contributed by atoms with Crippen LogP contribution in [-0.2, 0) is 14.1 Å². The lowest BCUT2D eigenvalue weighted by Crippen LogP contribution is -2.43. The number of halogens is 1. The van der Waals surface area contributed by atoms with E-state index in [4.69, 9.17) is 0 Å². The van der Waals surface area contributed by atoms with Gasteiger partial charge in [-0.3, -0.25) is 4.68 Å². The minimum atomic E-state index is -0.240. The third kappa shape index (κ3) is 2.83. The molecule has 0 amide bonds. The van der Waals surface area contributed by atoms with E-state index in [1.807, 2.05) is 31.8 Å². The number of anilines is 2. The van der Waals surface area contributed by atoms with Gasteiger partial charge in [0.2, 0.25) is 5.95 Å². The number of hydrogen-bond acceptors (Lipinski definition) is 4. The fourth-order valence-corrected chi connectivity index (χ4v) is 3.73. The molecular weight excluding hydrogens is 319 g/mol. The van der Waals surface area contributed by atoms with Gasteiger partial charge in [-0.25, -0.2) is 9.37 Å². The number of nitrogens with one attached hydrogen (secondary N) is 1. The SMILES string of the molecule is Cc1cc(N2CCCC(Nc3nc4cccc(F)c4n3C)C2)n(C)n1. The van der Waals surface area contributed by atoms with Crippen molar-refractivity contribution in [2.45, 2.75) is 25.8 Å². The van der Waals surface area contributed by atoms with Gasteiger partial charge < -0.3 is 14.8 Å². The lowest BCUT2D eigenvalue weighted by atomic mass is 10.1. The van der Waals surface area contributed by atoms with E-state index >= 15 is 0 Å². The average molecular weight is 342 g/mol. The monoisotopic (exact) mass is 342 g/mol. The van der Waals surface area contributed by atoms with E-state index in [1.54, 1.807) is 10.6 Å². The fraction of sp³-hybridized carbons (Fsp3) is 0.444. The van der Waals surface area contributed by atoms with Crippen LogP contribution in [0.3, 0.4) is 0 Å². The van der Waals surface area contributed by atoms with Gasteiger partial charge >= 0.3 is 0 Å². The van der Waals surface area contributed by atoms with E-state index in [1.165, 1.54) is 6.07 Å². The standard InChI is InChI=1S/C18H23FN6/c1-12-10-16(24(3)22-12)25-9-5-6-13(11-25)20-18-21-15-8-4-7-14(19)17(15)23(18)2/h4,7-8,10,13H,5-6,9,11H2,1-3H3,(H,20,21). The minimum Gasteiger partial charge on any atom is -0.355 e. The molecule has 1 saturated heterocycles. The summed E-state index contributed by atoms with van der Waals surface area (Å²) >= 11 is 0. The second kappa shape index (κ2) is 6.06. The molecule has 0 saturated carbocycles. The molecule has 1 aliphatic rings. The van der Waals surface area contributed by atoms with Crippen LogP contribution in [0.4, 0.5) is 16.2 Å². The van der Waals surface area contributed by atoms with Gasteiger partial charge in [0.25, 0.3) is 0 Å². The maximum atomic E-state index is 14.1. The molecule has 1 N–H and O–H groups in total. The van der Waals surface area contributed by atoms with Crippen molar-refractivity contribution in [3.8, 4) is 0 Å². The van der Waals surface area contributed by atoms with E-state index in [2.05, 4.69) is 26.4 Å². The van der Waals surface area contributed by atoms with Gasteiger partial charge in [0, 0.05) is 39.3 Å². The highest BCUT2D eigenvalue weighted by Crippen LogP contribution is 2.25. The van der Waals surface area contributed by atoms with Crippen molar-refractivity contribution in [3.05, 3.63) is 35.8 Å². The highest BCUT2D eigenvalue weighted by atomic mass is 19.1. The summed E-state index contributed by atoms with van der Waals surface area (Å²) in [6.45, 7) is 3.91. The maximum absolute atomic E-state index is 14.1. The van der Waals surface area contributed by atoms with E-state index in [0.717, 1.165) is 37.4 Å². The maximum Gasteiger partial charge on any atom is 0.203 e. The third-order valence-corrected chi connectivity index (χ3v) is 4.90. The molecule has 1 atom stereocenters. The number of para-hydroxylation sites is 1. The summed E-state index contributed by atoms with van der Waals surface area (Å²) in [6.07, 6.45) is 2.17. The Morgan fingerprint density at radius 1 is 1.28 bits per heavy atom. The van der Waals surface area contributed by atoms with Crippen LogP contribution in [0.5, 0.6) is 0 Å². The first-order valence-electron chi connectivity index (χ1n) is 8.66. The van der Waals surface area contributed by atoms with E-state index in [0.29, 0.717) is 17.0 Å². The first-order valence-corrected chi connectivity index (χ1v) is 8.66. The molecule has 0 spiro atoms. The van der Waals surface area contributed by atoms with Gasteiger partial charge in [0.15, 0.2) is 0 Å². The molecule has 0 radical (unpaired) electrons. The zero-order chi connectivity index (χ0) is 17.6. The summed E-state index contributed by atoms with van der Waals surface area (Å²) in [4.78, 5) is 6.91. The molecule has 3 heterocycles. The number of hydrogen-bond donors (Lipinski definition) is 1. The van der Waals surface area contributed by atoms with Crippen LogP contribution < -0.4 is 10.2 Å². The van der Waals surface area contributed by atoms with Crippen LogP contribution in [0.25, 0.3) is 11.0 Å². The molecule has 25 heavy (non-hydrogen) atoms. The molecule has 1 fully saturated rings. The molecule has 6 nitrogen and oxygen atoms in total. The molecule has 1 aromatic carbocycles. The van der Waals surface area contributed by atoms with Crippen molar-refractivity contribution in [1.82, 2.24) is 19.3 Å². The Morgan fingerprint density at radius 2 is 2.12 bits per heavy atom. The van der Waals surface area contributed by atoms with Crippen molar-refractivity contribution < 1.29 is 4.39 Å². The normalized spacial score (nSPS) is 18.1. The molecule has 4 rings (SSSR count). The van der Waals surface area contributed by atoms with Gasteiger partial charge in [0.05, 0.1) is 11.2 Å². The van der Waals surface area contributed by atoms with E-state index in [9.17, 15) is 4.39 Å². The van der Waals surface area contributed by atoms with Crippen molar-refractivity contribution in [3.63, 3.8) is 0 Å². The second-order valence-electron chi connectivity index (χ2n) is 6.80. The van der Waals surface area contributed by atoms with Crippen LogP contribution in [0.1, 0.15) is 18.5 Å². The number of aryl methyl sites for hydroxylation is 3. The van der Waals surface area contributed by atoms with Crippen LogP contribution in [0.15, 0.2) is 24.3 Å². The van der Waals surface area contributed by atoms with Crippen molar-refractivity contribution >= 4 is 22.8 Å². The van der Waals surface area contributed by atoms with Crippen molar-refractivity contribution in [1.29, 1.82) is 0 Å². The number of nitrogens with zero attached hydrogens (tertiary/aromatic N) is 5. The summed E-state index contributed by atoms with van der Waals surface area (Å²) in [7, 11) is 3.83. The number of aromatic nitrogens is 4. The molecule has 7 heteroatoms. The zero-order valence-electron chi connectivity index (χ0n) is 14.8. The summed E-state index contributed by atoms with van der Waals surface area (Å²) < 4.78 is 17.8. The molecule has 132 valence electrons. The van der Waals surface area contributed by atoms with Crippen LogP contribution >= 0.6 is 0 Å². The Morgan fingerprint density at radius 3 is 2.84 bits per heavy atom. The highest BCUT2D eigenvalue weighted by Gasteiger charge is 2.24. The molecular formula is C18H23FN6. The number of rotatable bonds is 3. The third-order valence-electron chi connectivity index (χ3n) is 4.90. The number of imidazole rings is 1. The largest absolute Gasteiger partial charge is 0.355 e. The predicted molar refractivity (Wildman–Crippen MR) is 97.5 cm³/mol. The summed E-state index contributed by atoms with van der Waals surface area (Å²) in [5, 5.41) is 7.95. The lowest BCUT2D eigenvalue weighted by molar-refractivity contribution is 0.515. The van der Waals surface area contributed by atoms with Gasteiger partial charge in [-0.05, 0) is 31.9 Å². The Labute approximate surface area is 146 Å². The van der Waals surface area contributed by atoms with Gasteiger partial charge in [0.1, 0.15) is 17.2 Å². The smallest absolute Gasteiger partial charge is 0.203 e. The fourth-order valence-electron chi connectivity index (χ4n) is 3.73. The number of piperidine rings is 1. The van der Waals surface area contributed by atoms with Crippen LogP contribution in [0.2, 0.25) is 0 Å². The van der Waals surface area contributed by atoms with Gasteiger partial charge in [-0.2, -0.15) is 5.10 Å². The highest BCUT2D eigenvalue weighted by molar-refractivity contribution is 5.79. The number of benzene rings is 1. The predicted octanol–water partition coefficient (Wildman–Crippen LogP) is 2.84. The zero-order valence-corrected chi connectivity index (χ0v) is 14.8. The topological polar surface area (TPSA) is 50.9 Å². The van der Waals surface area contributed by atoms with Gasteiger partial charge in [-0.15, -0.1) is 0 Å². The molecule has 1 aliphatic heterocycles. The Hall–Kier alpha value is -2.57. The van der Waals surface area contributed by atoms with E-state index in [-0.39, 0.29) is 11.9 Å². The van der Waals surface area contributed by atoms with E-state index < -0.39 is 0 Å². The van der Waals surface area contributed by atoms with Crippen molar-refractivity contribution in [2.24, 2.45) is 14.1 Å². The Balaban J connectivity index is 1.56. The lowest BCUT2D eigenvalue weighted by Gasteiger charge is -2.34. The summed E-state index contributed by atoms with van der Waals surface area (Å²) in [5.41, 5.74) is 2.25. The first kappa shape index (κ1) is 15.9. The summed E-state index contributed by atoms with van der Waals surface area (Å²) in [5.74, 6) is 1.62. The molecule has 1 unspecified atom stereocenters. The van der Waals surface area contributed by atoms with Gasteiger partial charge in [-0.1, -0.05) is 6.07 Å². The van der Waals surface area contributed by atoms with Crippen molar-refractivity contribution in [2.75, 3.05) is 23.3 Å². The second-order valence-corrected chi connectivity index (χ2v) is 6.80. The molecule has 2 aromatic heterocycles. The van der Waals surface area contributed by atoms with Crippen LogP contribution in [-0.4, -0.2) is 38.5 Å². The van der Waals surface area contributed by atoms with Crippen LogP contribution in [0, 0.1) is 12.7 Å². The molecule has 0 aliphatic carbocycles. The molecule has 3 aromatic rings.